The fraction of sp³-hybridized carbons (Fsp3) is 0.462. The number of hydrogen-bond donors (Lipinski definition) is 1. The lowest BCUT2D eigenvalue weighted by atomic mass is 10.1. The summed E-state index contributed by atoms with van der Waals surface area (Å²) in [6, 6.07) is 5.33. The molecule has 0 amide bonds. The Labute approximate surface area is 129 Å². The number of sulfonamides is 1. The van der Waals surface area contributed by atoms with Crippen molar-refractivity contribution in [1.82, 2.24) is 4.72 Å². The van der Waals surface area contributed by atoms with Crippen LogP contribution >= 0.6 is 0 Å². The van der Waals surface area contributed by atoms with Crippen LogP contribution in [0.15, 0.2) is 29.2 Å². The van der Waals surface area contributed by atoms with E-state index in [4.69, 9.17) is 0 Å². The zero-order valence-corrected chi connectivity index (χ0v) is 13.6. The van der Waals surface area contributed by atoms with Crippen molar-refractivity contribution in [1.29, 1.82) is 0 Å². The van der Waals surface area contributed by atoms with Crippen molar-refractivity contribution in [3.05, 3.63) is 29.8 Å². The second-order valence-electron chi connectivity index (χ2n) is 5.14. The van der Waals surface area contributed by atoms with Gasteiger partial charge in [-0.15, -0.1) is 0 Å². The monoisotopic (exact) mass is 347 g/mol. The van der Waals surface area contributed by atoms with E-state index in [0.29, 0.717) is 6.42 Å². The van der Waals surface area contributed by atoms with Crippen LogP contribution in [0.3, 0.4) is 0 Å². The molecule has 1 N–H and O–H groups in total. The average molecular weight is 347 g/mol. The van der Waals surface area contributed by atoms with Crippen molar-refractivity contribution in [2.45, 2.75) is 11.3 Å². The molecule has 1 aromatic rings. The summed E-state index contributed by atoms with van der Waals surface area (Å²) in [6.07, 6.45) is 0.464. The van der Waals surface area contributed by atoms with Gasteiger partial charge in [-0.1, -0.05) is 0 Å². The quantitative estimate of drug-likeness (QED) is 0.762. The predicted molar refractivity (Wildman–Crippen MR) is 79.7 cm³/mol. The van der Waals surface area contributed by atoms with E-state index < -0.39 is 25.8 Å². The number of nitrogens with one attached hydrogen (secondary N) is 1. The molecule has 9 heteroatoms. The second kappa shape index (κ2) is 6.35. The minimum atomic E-state index is -3.73. The van der Waals surface area contributed by atoms with Gasteiger partial charge in [-0.2, -0.15) is 0 Å². The molecule has 1 aliphatic heterocycles. The summed E-state index contributed by atoms with van der Waals surface area (Å²) in [6.45, 7) is 0.0836. The highest BCUT2D eigenvalue weighted by Gasteiger charge is 2.29. The minimum Gasteiger partial charge on any atom is -0.465 e. The molecule has 1 atom stereocenters. The first-order valence-corrected chi connectivity index (χ1v) is 9.92. The predicted octanol–water partition coefficient (Wildman–Crippen LogP) is 0.186. The first-order chi connectivity index (χ1) is 10.2. The molecule has 7 nitrogen and oxygen atoms in total. The standard InChI is InChI=1S/C13H17NO6S2/c1-20-13(15)11-2-4-12(5-3-11)22(18,19)14-8-10-6-7-21(16,17)9-10/h2-5,10,14H,6-9H2,1H3/t10-/m0/s1. The maximum Gasteiger partial charge on any atom is 0.337 e. The SMILES string of the molecule is COC(=O)c1ccc(S(=O)(=O)NC[C@@H]2CCS(=O)(=O)C2)cc1. The largest absolute Gasteiger partial charge is 0.465 e. The smallest absolute Gasteiger partial charge is 0.337 e. The van der Waals surface area contributed by atoms with Crippen LogP contribution in [0.4, 0.5) is 0 Å². The fourth-order valence-corrected chi connectivity index (χ4v) is 5.21. The van der Waals surface area contributed by atoms with E-state index >= 15 is 0 Å². The Hall–Kier alpha value is -1.45. The number of ether oxygens (including phenoxy) is 1. The van der Waals surface area contributed by atoms with Gasteiger partial charge in [0.05, 0.1) is 29.1 Å². The number of benzene rings is 1. The molecule has 0 bridgehead atoms. The lowest BCUT2D eigenvalue weighted by molar-refractivity contribution is 0.0600. The van der Waals surface area contributed by atoms with Crippen LogP contribution in [-0.4, -0.2) is 48.0 Å². The summed E-state index contributed by atoms with van der Waals surface area (Å²) in [7, 11) is -5.52. The van der Waals surface area contributed by atoms with Gasteiger partial charge in [0.15, 0.2) is 9.84 Å². The normalized spacial score (nSPS) is 20.7. The Balaban J connectivity index is 2.03. The third kappa shape index (κ3) is 4.05. The molecule has 1 aromatic carbocycles. The van der Waals surface area contributed by atoms with E-state index in [9.17, 15) is 21.6 Å². The summed E-state index contributed by atoms with van der Waals surface area (Å²) in [5.74, 6) is -0.633. The van der Waals surface area contributed by atoms with Gasteiger partial charge in [0.2, 0.25) is 10.0 Å². The molecular weight excluding hydrogens is 330 g/mol. The topological polar surface area (TPSA) is 107 Å². The Morgan fingerprint density at radius 3 is 2.45 bits per heavy atom. The van der Waals surface area contributed by atoms with E-state index in [0.717, 1.165) is 0 Å². The summed E-state index contributed by atoms with van der Waals surface area (Å²) < 4.78 is 53.9. The molecule has 0 aromatic heterocycles. The third-order valence-corrected chi connectivity index (χ3v) is 6.75. The highest BCUT2D eigenvalue weighted by Crippen LogP contribution is 2.18. The highest BCUT2D eigenvalue weighted by atomic mass is 32.2. The Bertz CT molecular complexity index is 752. The molecule has 0 aliphatic carbocycles. The number of sulfone groups is 1. The zero-order chi connectivity index (χ0) is 16.4. The van der Waals surface area contributed by atoms with E-state index in [1.165, 1.54) is 31.4 Å². The average Bonchev–Trinajstić information content (AvgIpc) is 2.84. The van der Waals surface area contributed by atoms with Gasteiger partial charge in [-0.3, -0.25) is 0 Å². The number of hydrogen-bond acceptors (Lipinski definition) is 6. The number of carbonyl (C=O) groups excluding carboxylic acids is 1. The van der Waals surface area contributed by atoms with Crippen LogP contribution in [0.2, 0.25) is 0 Å². The van der Waals surface area contributed by atoms with Crippen LogP contribution in [0.1, 0.15) is 16.8 Å². The van der Waals surface area contributed by atoms with Crippen LogP contribution in [0.5, 0.6) is 0 Å². The Morgan fingerprint density at radius 2 is 1.95 bits per heavy atom. The minimum absolute atomic E-state index is 0.0107. The van der Waals surface area contributed by atoms with Gasteiger partial charge >= 0.3 is 5.97 Å². The number of esters is 1. The number of rotatable bonds is 5. The molecule has 0 saturated carbocycles. The van der Waals surface area contributed by atoms with Gasteiger partial charge in [0.25, 0.3) is 0 Å². The molecule has 122 valence electrons. The van der Waals surface area contributed by atoms with E-state index in [-0.39, 0.29) is 34.4 Å². The van der Waals surface area contributed by atoms with Crippen molar-refractivity contribution >= 4 is 25.8 Å². The van der Waals surface area contributed by atoms with Crippen molar-refractivity contribution in [3.8, 4) is 0 Å². The molecular formula is C13H17NO6S2. The Morgan fingerprint density at radius 1 is 1.32 bits per heavy atom. The van der Waals surface area contributed by atoms with Gasteiger partial charge in [0.1, 0.15) is 0 Å². The van der Waals surface area contributed by atoms with Gasteiger partial charge in [-0.05, 0) is 36.6 Å². The zero-order valence-electron chi connectivity index (χ0n) is 12.0. The first-order valence-electron chi connectivity index (χ1n) is 6.62. The van der Waals surface area contributed by atoms with Crippen molar-refractivity contribution < 1.29 is 26.4 Å². The van der Waals surface area contributed by atoms with Gasteiger partial charge in [0, 0.05) is 6.54 Å². The molecule has 0 unspecified atom stereocenters. The van der Waals surface area contributed by atoms with Crippen LogP contribution in [0.25, 0.3) is 0 Å². The second-order valence-corrected chi connectivity index (χ2v) is 9.13. The van der Waals surface area contributed by atoms with Crippen molar-refractivity contribution in [3.63, 3.8) is 0 Å². The van der Waals surface area contributed by atoms with E-state index in [2.05, 4.69) is 9.46 Å². The van der Waals surface area contributed by atoms with Crippen molar-refractivity contribution in [2.75, 3.05) is 25.2 Å². The van der Waals surface area contributed by atoms with E-state index in [1.807, 2.05) is 0 Å². The first kappa shape index (κ1) is 16.9. The van der Waals surface area contributed by atoms with Gasteiger partial charge in [-0.25, -0.2) is 26.4 Å². The molecule has 1 aliphatic rings. The summed E-state index contributed by atoms with van der Waals surface area (Å²) in [5.41, 5.74) is 0.253. The highest BCUT2D eigenvalue weighted by molar-refractivity contribution is 7.91. The third-order valence-electron chi connectivity index (χ3n) is 3.47. The van der Waals surface area contributed by atoms with Crippen LogP contribution in [0, 0.1) is 5.92 Å². The summed E-state index contributed by atoms with van der Waals surface area (Å²) >= 11 is 0. The summed E-state index contributed by atoms with van der Waals surface area (Å²) in [4.78, 5) is 11.3. The number of methoxy groups -OCH3 is 1. The molecule has 2 rings (SSSR count). The molecule has 1 heterocycles. The summed E-state index contributed by atoms with van der Waals surface area (Å²) in [5, 5.41) is 0. The van der Waals surface area contributed by atoms with Gasteiger partial charge < -0.3 is 4.74 Å². The maximum absolute atomic E-state index is 12.1. The molecule has 0 radical (unpaired) electrons. The molecule has 0 spiro atoms. The molecule has 1 saturated heterocycles. The van der Waals surface area contributed by atoms with Crippen molar-refractivity contribution in [2.24, 2.45) is 5.92 Å². The maximum atomic E-state index is 12.1. The molecule has 1 fully saturated rings. The fourth-order valence-electron chi connectivity index (χ4n) is 2.23. The lowest BCUT2D eigenvalue weighted by Gasteiger charge is -2.10. The van der Waals surface area contributed by atoms with Crippen LogP contribution < -0.4 is 4.72 Å². The Kier molecular flexibility index (Phi) is 4.88. The van der Waals surface area contributed by atoms with Crippen LogP contribution in [-0.2, 0) is 24.6 Å². The number of carbonyl (C=O) groups is 1. The lowest BCUT2D eigenvalue weighted by Crippen LogP contribution is -2.30. The van der Waals surface area contributed by atoms with E-state index in [1.54, 1.807) is 0 Å². The molecule has 22 heavy (non-hydrogen) atoms.